The van der Waals surface area contributed by atoms with Gasteiger partial charge in [-0.15, -0.1) is 10.2 Å². The molecule has 1 aliphatic rings. The molecule has 1 aromatic heterocycles. The van der Waals surface area contributed by atoms with E-state index in [9.17, 15) is 9.18 Å². The average Bonchev–Trinajstić information content (AvgIpc) is 2.98. The Morgan fingerprint density at radius 1 is 1.31 bits per heavy atom. The van der Waals surface area contributed by atoms with E-state index in [1.165, 1.54) is 37.1 Å². The molecule has 0 unspecified atom stereocenters. The Morgan fingerprint density at radius 2 is 2.04 bits per heavy atom. The van der Waals surface area contributed by atoms with Crippen molar-refractivity contribution in [2.24, 2.45) is 13.0 Å². The second-order valence-corrected chi connectivity index (χ2v) is 8.29. The molecule has 0 aliphatic heterocycles. The molecular formula is C19H25FN4OS. The molecule has 0 saturated heterocycles. The molecule has 1 aromatic carbocycles. The van der Waals surface area contributed by atoms with Crippen LogP contribution in [0.5, 0.6) is 0 Å². The van der Waals surface area contributed by atoms with Crippen molar-refractivity contribution in [3.63, 3.8) is 0 Å². The summed E-state index contributed by atoms with van der Waals surface area (Å²) in [5.74, 6) is 0.660. The van der Waals surface area contributed by atoms with Crippen LogP contribution >= 0.6 is 11.8 Å². The molecule has 1 saturated carbocycles. The molecule has 2 aromatic rings. The zero-order valence-electron chi connectivity index (χ0n) is 15.4. The van der Waals surface area contributed by atoms with Gasteiger partial charge < -0.3 is 9.88 Å². The van der Waals surface area contributed by atoms with Crippen LogP contribution in [0.15, 0.2) is 29.4 Å². The number of hydrogen-bond donors (Lipinski definition) is 1. The average molecular weight is 377 g/mol. The van der Waals surface area contributed by atoms with Crippen molar-refractivity contribution in [2.45, 2.75) is 56.0 Å². The standard InChI is InChI=1S/C19H25FN4OS/c1-12-8-4-7-11-16(12)21-18(25)13(2)26-19-23-22-17(24(19)3)14-9-5-6-10-15(14)20/h5-6,9-10,12-13,16H,4,7-8,11H2,1-3H3,(H,21,25)/t12-,13-,16+/m1/s1. The number of benzene rings is 1. The van der Waals surface area contributed by atoms with E-state index in [1.54, 1.807) is 29.8 Å². The van der Waals surface area contributed by atoms with E-state index < -0.39 is 0 Å². The highest BCUT2D eigenvalue weighted by atomic mass is 32.2. The molecule has 1 heterocycles. The molecule has 26 heavy (non-hydrogen) atoms. The summed E-state index contributed by atoms with van der Waals surface area (Å²) in [4.78, 5) is 12.6. The van der Waals surface area contributed by atoms with Crippen LogP contribution in [-0.2, 0) is 11.8 Å². The number of rotatable bonds is 5. The van der Waals surface area contributed by atoms with E-state index in [1.807, 2.05) is 6.92 Å². The van der Waals surface area contributed by atoms with Crippen molar-refractivity contribution in [3.8, 4) is 11.4 Å². The molecule has 1 aliphatic carbocycles. The van der Waals surface area contributed by atoms with Crippen molar-refractivity contribution < 1.29 is 9.18 Å². The van der Waals surface area contributed by atoms with Crippen LogP contribution in [0.1, 0.15) is 39.5 Å². The molecule has 3 rings (SSSR count). The van der Waals surface area contributed by atoms with E-state index in [0.717, 1.165) is 6.42 Å². The lowest BCUT2D eigenvalue weighted by Gasteiger charge is -2.30. The molecule has 0 bridgehead atoms. The van der Waals surface area contributed by atoms with Gasteiger partial charge in [0.2, 0.25) is 5.91 Å². The van der Waals surface area contributed by atoms with Gasteiger partial charge in [-0.3, -0.25) is 4.79 Å². The smallest absolute Gasteiger partial charge is 0.233 e. The topological polar surface area (TPSA) is 59.8 Å². The van der Waals surface area contributed by atoms with Gasteiger partial charge in [-0.1, -0.05) is 43.7 Å². The maximum Gasteiger partial charge on any atom is 0.233 e. The Kier molecular flexibility index (Phi) is 5.96. The van der Waals surface area contributed by atoms with Gasteiger partial charge in [-0.25, -0.2) is 4.39 Å². The summed E-state index contributed by atoms with van der Waals surface area (Å²) in [5.41, 5.74) is 0.405. The van der Waals surface area contributed by atoms with Crippen LogP contribution in [0.4, 0.5) is 4.39 Å². The van der Waals surface area contributed by atoms with Gasteiger partial charge in [0.15, 0.2) is 11.0 Å². The van der Waals surface area contributed by atoms with Crippen LogP contribution in [0.3, 0.4) is 0 Å². The van der Waals surface area contributed by atoms with Crippen molar-refractivity contribution in [3.05, 3.63) is 30.1 Å². The molecule has 1 amide bonds. The Morgan fingerprint density at radius 3 is 2.77 bits per heavy atom. The predicted octanol–water partition coefficient (Wildman–Crippen LogP) is 3.80. The fourth-order valence-corrected chi connectivity index (χ4v) is 4.16. The molecule has 5 nitrogen and oxygen atoms in total. The van der Waals surface area contributed by atoms with Crippen LogP contribution in [0.25, 0.3) is 11.4 Å². The van der Waals surface area contributed by atoms with Crippen molar-refractivity contribution in [2.75, 3.05) is 0 Å². The second kappa shape index (κ2) is 8.20. The van der Waals surface area contributed by atoms with Gasteiger partial charge in [0, 0.05) is 13.1 Å². The predicted molar refractivity (Wildman–Crippen MR) is 101 cm³/mol. The zero-order valence-corrected chi connectivity index (χ0v) is 16.2. The zero-order chi connectivity index (χ0) is 18.7. The summed E-state index contributed by atoms with van der Waals surface area (Å²) < 4.78 is 15.7. The maximum atomic E-state index is 14.0. The van der Waals surface area contributed by atoms with Gasteiger partial charge in [-0.05, 0) is 37.8 Å². The van der Waals surface area contributed by atoms with Gasteiger partial charge in [-0.2, -0.15) is 0 Å². The highest BCUT2D eigenvalue weighted by Crippen LogP contribution is 2.28. The van der Waals surface area contributed by atoms with Crippen molar-refractivity contribution in [1.29, 1.82) is 0 Å². The molecule has 3 atom stereocenters. The third kappa shape index (κ3) is 4.09. The third-order valence-electron chi connectivity index (χ3n) is 5.04. The van der Waals surface area contributed by atoms with Gasteiger partial charge in [0.1, 0.15) is 5.82 Å². The first-order valence-electron chi connectivity index (χ1n) is 9.08. The highest BCUT2D eigenvalue weighted by Gasteiger charge is 2.26. The summed E-state index contributed by atoms with van der Waals surface area (Å²) in [5, 5.41) is 11.7. The number of carbonyl (C=O) groups is 1. The van der Waals surface area contributed by atoms with Gasteiger partial charge in [0.25, 0.3) is 0 Å². The fourth-order valence-electron chi connectivity index (χ4n) is 3.34. The summed E-state index contributed by atoms with van der Waals surface area (Å²) in [7, 11) is 1.79. The minimum atomic E-state index is -0.336. The largest absolute Gasteiger partial charge is 0.352 e. The lowest BCUT2D eigenvalue weighted by molar-refractivity contribution is -0.121. The quantitative estimate of drug-likeness (QED) is 0.807. The van der Waals surface area contributed by atoms with Crippen molar-refractivity contribution >= 4 is 17.7 Å². The number of thioether (sulfide) groups is 1. The van der Waals surface area contributed by atoms with Crippen LogP contribution in [-0.4, -0.2) is 32.0 Å². The second-order valence-electron chi connectivity index (χ2n) is 6.98. The van der Waals surface area contributed by atoms with E-state index >= 15 is 0 Å². The summed E-state index contributed by atoms with van der Waals surface area (Å²) in [6.07, 6.45) is 4.63. The molecule has 1 fully saturated rings. The monoisotopic (exact) mass is 376 g/mol. The highest BCUT2D eigenvalue weighted by molar-refractivity contribution is 8.00. The Balaban J connectivity index is 1.67. The number of carbonyl (C=O) groups excluding carboxylic acids is 1. The normalized spacial score (nSPS) is 21.4. The lowest BCUT2D eigenvalue weighted by atomic mass is 9.86. The molecule has 1 N–H and O–H groups in total. The fraction of sp³-hybridized carbons (Fsp3) is 0.526. The Hall–Kier alpha value is -1.89. The number of nitrogens with one attached hydrogen (secondary N) is 1. The van der Waals surface area contributed by atoms with E-state index in [4.69, 9.17) is 0 Å². The minimum absolute atomic E-state index is 0.0178. The number of amides is 1. The molecule has 7 heteroatoms. The lowest BCUT2D eigenvalue weighted by Crippen LogP contribution is -2.44. The Bertz CT molecular complexity index is 779. The van der Waals surface area contributed by atoms with Crippen LogP contribution in [0.2, 0.25) is 0 Å². The van der Waals surface area contributed by atoms with E-state index in [2.05, 4.69) is 22.4 Å². The first kappa shape index (κ1) is 18.9. The Labute approximate surface area is 157 Å². The minimum Gasteiger partial charge on any atom is -0.352 e. The summed E-state index contributed by atoms with van der Waals surface area (Å²) in [6, 6.07) is 6.74. The van der Waals surface area contributed by atoms with E-state index in [0.29, 0.717) is 22.5 Å². The molecule has 140 valence electrons. The van der Waals surface area contributed by atoms with Gasteiger partial charge >= 0.3 is 0 Å². The molecule has 0 spiro atoms. The number of halogens is 1. The maximum absolute atomic E-state index is 14.0. The van der Waals surface area contributed by atoms with Crippen LogP contribution < -0.4 is 5.32 Å². The number of nitrogens with zero attached hydrogens (tertiary/aromatic N) is 3. The first-order valence-corrected chi connectivity index (χ1v) is 9.96. The SMILES string of the molecule is C[C@@H]1CCCC[C@@H]1NC(=O)[C@@H](C)Sc1nnc(-c2ccccc2F)n1C. The number of hydrogen-bond acceptors (Lipinski definition) is 4. The van der Waals surface area contributed by atoms with Gasteiger partial charge in [0.05, 0.1) is 10.8 Å². The summed E-state index contributed by atoms with van der Waals surface area (Å²) >= 11 is 1.34. The first-order chi connectivity index (χ1) is 12.5. The van der Waals surface area contributed by atoms with E-state index in [-0.39, 0.29) is 23.0 Å². The summed E-state index contributed by atoms with van der Waals surface area (Å²) in [6.45, 7) is 4.07. The van der Waals surface area contributed by atoms with Crippen LogP contribution in [0, 0.1) is 11.7 Å². The molecular weight excluding hydrogens is 351 g/mol. The van der Waals surface area contributed by atoms with Crippen molar-refractivity contribution in [1.82, 2.24) is 20.1 Å². The molecule has 0 radical (unpaired) electrons. The third-order valence-corrected chi connectivity index (χ3v) is 6.17. The number of aromatic nitrogens is 3.